The summed E-state index contributed by atoms with van der Waals surface area (Å²) in [6.45, 7) is 0. The summed E-state index contributed by atoms with van der Waals surface area (Å²) in [6, 6.07) is 8.34. The first kappa shape index (κ1) is 7.63. The van der Waals surface area contributed by atoms with E-state index in [1.807, 2.05) is 6.08 Å². The smallest absolute Gasteiger partial charge is 0.149 e. The van der Waals surface area contributed by atoms with Crippen molar-refractivity contribution >= 4 is 6.08 Å². The van der Waals surface area contributed by atoms with Crippen molar-refractivity contribution in [1.29, 1.82) is 0 Å². The van der Waals surface area contributed by atoms with Gasteiger partial charge in [0.25, 0.3) is 0 Å². The lowest BCUT2D eigenvalue weighted by atomic mass is 9.90. The molecule has 0 saturated carbocycles. The van der Waals surface area contributed by atoms with Crippen LogP contribution >= 0.6 is 0 Å². The molecule has 1 aliphatic heterocycles. The number of ether oxygens (including phenoxy) is 1. The first-order chi connectivity index (χ1) is 6.95. The van der Waals surface area contributed by atoms with Crippen molar-refractivity contribution in [1.82, 2.24) is 0 Å². The summed E-state index contributed by atoms with van der Waals surface area (Å²) < 4.78 is 5.61. The third kappa shape index (κ3) is 1.02. The van der Waals surface area contributed by atoms with Gasteiger partial charge in [0.05, 0.1) is 6.26 Å². The monoisotopic (exact) mass is 182 g/mol. The standard InChI is InChI=1S/C13H10O/c1-2-6-12-10(4-1)7-8-11-5-3-9-14-13(11)12/h1-9,13H. The molecule has 0 aromatic heterocycles. The average Bonchev–Trinajstić information content (AvgIpc) is 2.29. The highest BCUT2D eigenvalue weighted by atomic mass is 16.5. The van der Waals surface area contributed by atoms with E-state index in [0.717, 1.165) is 0 Å². The Bertz CT molecular complexity index is 452. The van der Waals surface area contributed by atoms with E-state index in [1.165, 1.54) is 16.7 Å². The van der Waals surface area contributed by atoms with Crippen LogP contribution in [0.2, 0.25) is 0 Å². The molecule has 3 rings (SSSR count). The van der Waals surface area contributed by atoms with Crippen molar-refractivity contribution in [2.75, 3.05) is 0 Å². The second-order valence-electron chi connectivity index (χ2n) is 3.47. The molecule has 2 aliphatic rings. The van der Waals surface area contributed by atoms with Gasteiger partial charge < -0.3 is 4.74 Å². The van der Waals surface area contributed by atoms with Crippen LogP contribution in [0.3, 0.4) is 0 Å². The van der Waals surface area contributed by atoms with Gasteiger partial charge in [0.2, 0.25) is 0 Å². The van der Waals surface area contributed by atoms with Crippen molar-refractivity contribution in [3.05, 3.63) is 65.5 Å². The summed E-state index contributed by atoms with van der Waals surface area (Å²) in [4.78, 5) is 0. The Morgan fingerprint density at radius 3 is 3.00 bits per heavy atom. The number of allylic oxidation sites excluding steroid dienone is 2. The molecule has 0 N–H and O–H groups in total. The second kappa shape index (κ2) is 2.88. The third-order valence-corrected chi connectivity index (χ3v) is 2.62. The molecule has 0 saturated heterocycles. The molecule has 0 fully saturated rings. The van der Waals surface area contributed by atoms with Gasteiger partial charge in [0, 0.05) is 5.56 Å². The Balaban J connectivity index is 2.18. The second-order valence-corrected chi connectivity index (χ2v) is 3.47. The largest absolute Gasteiger partial charge is 0.489 e. The highest BCUT2D eigenvalue weighted by molar-refractivity contribution is 5.64. The minimum Gasteiger partial charge on any atom is -0.489 e. The van der Waals surface area contributed by atoms with Crippen LogP contribution in [-0.4, -0.2) is 0 Å². The van der Waals surface area contributed by atoms with Crippen molar-refractivity contribution in [2.24, 2.45) is 0 Å². The van der Waals surface area contributed by atoms with E-state index in [9.17, 15) is 0 Å². The maximum absolute atomic E-state index is 5.61. The minimum absolute atomic E-state index is 0.0983. The number of fused-ring (bicyclic) bond motifs is 3. The van der Waals surface area contributed by atoms with Crippen molar-refractivity contribution in [2.45, 2.75) is 6.10 Å². The molecule has 68 valence electrons. The predicted octanol–water partition coefficient (Wildman–Crippen LogP) is 3.22. The fourth-order valence-corrected chi connectivity index (χ4v) is 1.92. The summed E-state index contributed by atoms with van der Waals surface area (Å²) in [7, 11) is 0. The van der Waals surface area contributed by atoms with Crippen LogP contribution in [-0.2, 0) is 4.74 Å². The number of hydrogen-bond donors (Lipinski definition) is 0. The van der Waals surface area contributed by atoms with E-state index >= 15 is 0 Å². The van der Waals surface area contributed by atoms with Gasteiger partial charge >= 0.3 is 0 Å². The molecule has 1 aromatic carbocycles. The van der Waals surface area contributed by atoms with E-state index in [0.29, 0.717) is 0 Å². The third-order valence-electron chi connectivity index (χ3n) is 2.62. The van der Waals surface area contributed by atoms with Crippen molar-refractivity contribution < 1.29 is 4.74 Å². The summed E-state index contributed by atoms with van der Waals surface area (Å²) >= 11 is 0. The number of rotatable bonds is 0. The minimum atomic E-state index is 0.0983. The zero-order chi connectivity index (χ0) is 9.38. The Labute approximate surface area is 83.0 Å². The van der Waals surface area contributed by atoms with E-state index in [1.54, 1.807) is 6.26 Å². The molecule has 1 heterocycles. The van der Waals surface area contributed by atoms with Crippen molar-refractivity contribution in [3.63, 3.8) is 0 Å². The van der Waals surface area contributed by atoms with E-state index in [2.05, 4.69) is 42.5 Å². The van der Waals surface area contributed by atoms with Gasteiger partial charge in [-0.25, -0.2) is 0 Å². The summed E-state index contributed by atoms with van der Waals surface area (Å²) in [5, 5.41) is 0. The molecular formula is C13H10O. The fourth-order valence-electron chi connectivity index (χ4n) is 1.92. The Kier molecular flexibility index (Phi) is 1.57. The normalized spacial score (nSPS) is 22.0. The van der Waals surface area contributed by atoms with Crippen LogP contribution in [0.4, 0.5) is 0 Å². The molecule has 0 radical (unpaired) electrons. The van der Waals surface area contributed by atoms with Crippen molar-refractivity contribution in [3.8, 4) is 0 Å². The van der Waals surface area contributed by atoms with Gasteiger partial charge in [0.15, 0.2) is 0 Å². The number of benzene rings is 1. The molecule has 1 aromatic rings. The molecule has 1 unspecified atom stereocenters. The van der Waals surface area contributed by atoms with Gasteiger partial charge in [0.1, 0.15) is 6.10 Å². The van der Waals surface area contributed by atoms with Crippen LogP contribution in [0.1, 0.15) is 17.2 Å². The van der Waals surface area contributed by atoms with Gasteiger partial charge in [-0.3, -0.25) is 0 Å². The topological polar surface area (TPSA) is 9.23 Å². The van der Waals surface area contributed by atoms with Crippen LogP contribution in [0.25, 0.3) is 6.08 Å². The summed E-state index contributed by atoms with van der Waals surface area (Å²) in [6.07, 6.45) is 10.1. The average molecular weight is 182 g/mol. The molecule has 14 heavy (non-hydrogen) atoms. The summed E-state index contributed by atoms with van der Waals surface area (Å²) in [5.41, 5.74) is 3.74. The van der Waals surface area contributed by atoms with E-state index in [-0.39, 0.29) is 6.10 Å². The number of hydrogen-bond acceptors (Lipinski definition) is 1. The highest BCUT2D eigenvalue weighted by Gasteiger charge is 2.22. The molecule has 1 nitrogen and oxygen atoms in total. The maximum atomic E-state index is 5.61. The lowest BCUT2D eigenvalue weighted by Crippen LogP contribution is -2.10. The van der Waals surface area contributed by atoms with Gasteiger partial charge in [-0.2, -0.15) is 0 Å². The van der Waals surface area contributed by atoms with Crippen LogP contribution in [0, 0.1) is 0 Å². The zero-order valence-electron chi connectivity index (χ0n) is 7.68. The Hall–Kier alpha value is -1.76. The zero-order valence-corrected chi connectivity index (χ0v) is 7.68. The first-order valence-corrected chi connectivity index (χ1v) is 4.74. The predicted molar refractivity (Wildman–Crippen MR) is 56.5 cm³/mol. The van der Waals surface area contributed by atoms with Gasteiger partial charge in [-0.15, -0.1) is 0 Å². The first-order valence-electron chi connectivity index (χ1n) is 4.74. The highest BCUT2D eigenvalue weighted by Crippen LogP contribution is 2.36. The molecule has 1 aliphatic carbocycles. The molecule has 1 atom stereocenters. The Morgan fingerprint density at radius 1 is 1.07 bits per heavy atom. The summed E-state index contributed by atoms with van der Waals surface area (Å²) in [5.74, 6) is 0. The van der Waals surface area contributed by atoms with Gasteiger partial charge in [-0.1, -0.05) is 42.5 Å². The Morgan fingerprint density at radius 2 is 2.00 bits per heavy atom. The van der Waals surface area contributed by atoms with Crippen LogP contribution in [0.15, 0.2) is 54.3 Å². The van der Waals surface area contributed by atoms with Gasteiger partial charge in [-0.05, 0) is 17.2 Å². The lowest BCUT2D eigenvalue weighted by Gasteiger charge is -2.25. The molecule has 0 bridgehead atoms. The SMILES string of the molecule is C1=COC2C(=C1)C=Cc1ccccc12. The molecule has 0 spiro atoms. The van der Waals surface area contributed by atoms with E-state index < -0.39 is 0 Å². The quantitative estimate of drug-likeness (QED) is 0.598. The van der Waals surface area contributed by atoms with Crippen LogP contribution in [0.5, 0.6) is 0 Å². The molecule has 0 amide bonds. The van der Waals surface area contributed by atoms with Crippen LogP contribution < -0.4 is 0 Å². The molecule has 1 heteroatoms. The fraction of sp³-hybridized carbons (Fsp3) is 0.0769. The lowest BCUT2D eigenvalue weighted by molar-refractivity contribution is 0.177. The maximum Gasteiger partial charge on any atom is 0.149 e. The molecular weight excluding hydrogens is 172 g/mol. The van der Waals surface area contributed by atoms with E-state index in [4.69, 9.17) is 4.74 Å².